The lowest BCUT2D eigenvalue weighted by atomic mass is 9.93. The van der Waals surface area contributed by atoms with Gasteiger partial charge in [0, 0.05) is 12.2 Å². The van der Waals surface area contributed by atoms with Crippen molar-refractivity contribution in [2.24, 2.45) is 5.92 Å². The Kier molecular flexibility index (Phi) is 7.82. The van der Waals surface area contributed by atoms with E-state index in [4.69, 9.17) is 4.74 Å². The minimum absolute atomic E-state index is 0.378. The number of ether oxygens (including phenoxy) is 1. The van der Waals surface area contributed by atoms with Crippen LogP contribution in [0.25, 0.3) is 5.57 Å². The predicted octanol–water partition coefficient (Wildman–Crippen LogP) is 6.02. The lowest BCUT2D eigenvalue weighted by Crippen LogP contribution is -2.20. The first-order valence-corrected chi connectivity index (χ1v) is 9.80. The highest BCUT2D eigenvalue weighted by Crippen LogP contribution is 2.27. The van der Waals surface area contributed by atoms with Crippen molar-refractivity contribution in [3.63, 3.8) is 0 Å². The van der Waals surface area contributed by atoms with E-state index in [2.05, 4.69) is 57.2 Å². The summed E-state index contributed by atoms with van der Waals surface area (Å²) in [6.07, 6.45) is 1.64. The van der Waals surface area contributed by atoms with Crippen molar-refractivity contribution in [3.8, 4) is 5.75 Å². The van der Waals surface area contributed by atoms with Crippen LogP contribution in [0.1, 0.15) is 44.7 Å². The molecule has 0 unspecified atom stereocenters. The summed E-state index contributed by atoms with van der Waals surface area (Å²) in [5, 5.41) is 2.79. The quantitative estimate of drug-likeness (QED) is 0.638. The Labute approximate surface area is 169 Å². The normalized spacial score (nSPS) is 12.9. The van der Waals surface area contributed by atoms with Gasteiger partial charge in [-0.15, -0.1) is 0 Å². The molecule has 0 radical (unpaired) electrons. The van der Waals surface area contributed by atoms with E-state index in [-0.39, 0.29) is 0 Å². The van der Waals surface area contributed by atoms with Crippen molar-refractivity contribution in [1.82, 2.24) is 4.90 Å². The van der Waals surface area contributed by atoms with E-state index in [0.717, 1.165) is 17.8 Å². The van der Waals surface area contributed by atoms with Crippen molar-refractivity contribution in [2.45, 2.75) is 33.6 Å². The van der Waals surface area contributed by atoms with Crippen LogP contribution >= 0.6 is 0 Å². The molecule has 2 aromatic carbocycles. The fraction of sp³-hybridized carbons (Fsp3) is 0.375. The average molecular weight is 381 g/mol. The average Bonchev–Trinajstić information content (AvgIpc) is 2.62. The van der Waals surface area contributed by atoms with Crippen molar-refractivity contribution in [2.75, 3.05) is 26.0 Å². The van der Waals surface area contributed by atoms with Crippen LogP contribution in [-0.2, 0) is 0 Å². The highest BCUT2D eigenvalue weighted by molar-refractivity contribution is 5.86. The van der Waals surface area contributed by atoms with Crippen molar-refractivity contribution >= 4 is 17.4 Å². The number of carbonyl (C=O) groups is 1. The summed E-state index contributed by atoms with van der Waals surface area (Å²) >= 11 is 0. The summed E-state index contributed by atoms with van der Waals surface area (Å²) in [7, 11) is 4.14. The Morgan fingerprint density at radius 2 is 1.79 bits per heavy atom. The Morgan fingerprint density at radius 3 is 2.36 bits per heavy atom. The van der Waals surface area contributed by atoms with Gasteiger partial charge in [-0.1, -0.05) is 51.1 Å². The third-order valence-electron chi connectivity index (χ3n) is 4.68. The number of hydrogen-bond acceptors (Lipinski definition) is 3. The van der Waals surface area contributed by atoms with Gasteiger partial charge in [0.2, 0.25) is 0 Å². The lowest BCUT2D eigenvalue weighted by molar-refractivity contribution is 0.215. The maximum absolute atomic E-state index is 12.3. The fourth-order valence-electron chi connectivity index (χ4n) is 3.32. The third kappa shape index (κ3) is 6.24. The number of amides is 1. The molecule has 1 atom stereocenters. The van der Waals surface area contributed by atoms with Gasteiger partial charge in [-0.25, -0.2) is 4.79 Å². The Hall–Kier alpha value is -2.59. The van der Waals surface area contributed by atoms with Gasteiger partial charge >= 0.3 is 6.09 Å². The van der Waals surface area contributed by atoms with Gasteiger partial charge < -0.3 is 9.64 Å². The molecule has 0 fully saturated rings. The standard InChI is InChI=1S/C24H32N2O2/c1-7-23(18(4)16-26(5)6)20-9-8-10-22(15-20)28-24(27)25-21-13-11-19(12-14-21)17(2)3/h7-15,17-18H,16H2,1-6H3,(H,25,27)/b23-7-/t18-/m1/s1. The first-order chi connectivity index (χ1) is 13.3. The lowest BCUT2D eigenvalue weighted by Gasteiger charge is -2.20. The van der Waals surface area contributed by atoms with Gasteiger partial charge in [-0.05, 0) is 73.8 Å². The van der Waals surface area contributed by atoms with Crippen LogP contribution in [0.15, 0.2) is 54.6 Å². The maximum atomic E-state index is 12.3. The number of allylic oxidation sites excluding steroid dienone is 1. The van der Waals surface area contributed by atoms with Gasteiger partial charge in [0.05, 0.1) is 0 Å². The summed E-state index contributed by atoms with van der Waals surface area (Å²) in [6.45, 7) is 9.49. The van der Waals surface area contributed by atoms with E-state index in [9.17, 15) is 4.79 Å². The number of nitrogens with zero attached hydrogens (tertiary/aromatic N) is 1. The number of nitrogens with one attached hydrogen (secondary N) is 1. The van der Waals surface area contributed by atoms with E-state index in [1.165, 1.54) is 11.1 Å². The summed E-state index contributed by atoms with van der Waals surface area (Å²) in [5.74, 6) is 1.37. The van der Waals surface area contributed by atoms with E-state index in [0.29, 0.717) is 17.6 Å². The van der Waals surface area contributed by atoms with Gasteiger partial charge in [0.1, 0.15) is 5.75 Å². The van der Waals surface area contributed by atoms with E-state index in [1.54, 1.807) is 6.07 Å². The van der Waals surface area contributed by atoms with E-state index < -0.39 is 6.09 Å². The summed E-state index contributed by atoms with van der Waals surface area (Å²) < 4.78 is 5.50. The largest absolute Gasteiger partial charge is 0.417 e. The Bertz CT molecular complexity index is 808. The maximum Gasteiger partial charge on any atom is 0.417 e. The number of hydrogen-bond donors (Lipinski definition) is 1. The van der Waals surface area contributed by atoms with Crippen LogP contribution in [0.4, 0.5) is 10.5 Å². The van der Waals surface area contributed by atoms with Crippen LogP contribution in [0.5, 0.6) is 5.75 Å². The second-order valence-electron chi connectivity index (χ2n) is 7.73. The van der Waals surface area contributed by atoms with E-state index in [1.807, 2.05) is 43.3 Å². The molecule has 1 amide bonds. The van der Waals surface area contributed by atoms with Crippen LogP contribution in [-0.4, -0.2) is 31.6 Å². The summed E-state index contributed by atoms with van der Waals surface area (Å²) in [4.78, 5) is 14.4. The molecule has 0 aliphatic rings. The van der Waals surface area contributed by atoms with Crippen LogP contribution < -0.4 is 10.1 Å². The molecule has 150 valence electrons. The molecule has 0 saturated carbocycles. The molecule has 0 aliphatic heterocycles. The Morgan fingerprint density at radius 1 is 1.11 bits per heavy atom. The van der Waals surface area contributed by atoms with Crippen LogP contribution in [0.3, 0.4) is 0 Å². The number of carbonyl (C=O) groups excluding carboxylic acids is 1. The topological polar surface area (TPSA) is 41.6 Å². The summed E-state index contributed by atoms with van der Waals surface area (Å²) in [6, 6.07) is 15.5. The number of rotatable bonds is 7. The molecule has 28 heavy (non-hydrogen) atoms. The highest BCUT2D eigenvalue weighted by Gasteiger charge is 2.13. The molecular formula is C24H32N2O2. The van der Waals surface area contributed by atoms with Gasteiger partial charge in [-0.2, -0.15) is 0 Å². The van der Waals surface area contributed by atoms with Crippen molar-refractivity contribution in [1.29, 1.82) is 0 Å². The Balaban J connectivity index is 2.06. The minimum atomic E-state index is -0.488. The zero-order chi connectivity index (χ0) is 20.7. The van der Waals surface area contributed by atoms with Crippen LogP contribution in [0, 0.1) is 5.92 Å². The number of anilines is 1. The van der Waals surface area contributed by atoms with Crippen molar-refractivity contribution in [3.05, 3.63) is 65.7 Å². The van der Waals surface area contributed by atoms with Crippen LogP contribution in [0.2, 0.25) is 0 Å². The molecular weight excluding hydrogens is 348 g/mol. The molecule has 2 aromatic rings. The molecule has 0 aliphatic carbocycles. The first kappa shape index (κ1) is 21.7. The monoisotopic (exact) mass is 380 g/mol. The zero-order valence-electron chi connectivity index (χ0n) is 17.8. The molecule has 1 N–H and O–H groups in total. The van der Waals surface area contributed by atoms with Gasteiger partial charge in [0.15, 0.2) is 0 Å². The molecule has 0 heterocycles. The highest BCUT2D eigenvalue weighted by atomic mass is 16.6. The SMILES string of the molecule is C/C=C(\c1cccc(OC(=O)Nc2ccc(C(C)C)cc2)c1)[C@H](C)CN(C)C. The van der Waals surface area contributed by atoms with Gasteiger partial charge in [0.25, 0.3) is 0 Å². The molecule has 0 saturated heterocycles. The molecule has 0 aromatic heterocycles. The van der Waals surface area contributed by atoms with E-state index >= 15 is 0 Å². The molecule has 4 heteroatoms. The summed E-state index contributed by atoms with van der Waals surface area (Å²) in [5.41, 5.74) is 4.27. The fourth-order valence-corrected chi connectivity index (χ4v) is 3.32. The minimum Gasteiger partial charge on any atom is -0.410 e. The number of benzene rings is 2. The predicted molar refractivity (Wildman–Crippen MR) is 118 cm³/mol. The second kappa shape index (κ2) is 10.1. The molecule has 2 rings (SSSR count). The van der Waals surface area contributed by atoms with Gasteiger partial charge in [-0.3, -0.25) is 5.32 Å². The molecule has 0 bridgehead atoms. The smallest absolute Gasteiger partial charge is 0.410 e. The first-order valence-electron chi connectivity index (χ1n) is 9.80. The third-order valence-corrected chi connectivity index (χ3v) is 4.68. The molecule has 0 spiro atoms. The van der Waals surface area contributed by atoms with Crippen molar-refractivity contribution < 1.29 is 9.53 Å². The second-order valence-corrected chi connectivity index (χ2v) is 7.73. The zero-order valence-corrected chi connectivity index (χ0v) is 17.8. The molecule has 4 nitrogen and oxygen atoms in total.